The Kier molecular flexibility index (Phi) is 4.56. The summed E-state index contributed by atoms with van der Waals surface area (Å²) in [4.78, 5) is 11.3. The summed E-state index contributed by atoms with van der Waals surface area (Å²) in [6.07, 6.45) is 0.122. The van der Waals surface area contributed by atoms with Crippen LogP contribution in [0.25, 0.3) is 11.1 Å². The van der Waals surface area contributed by atoms with E-state index in [1.165, 1.54) is 0 Å². The maximum Gasteiger partial charge on any atom is 0.513 e. The van der Waals surface area contributed by atoms with Crippen LogP contribution in [0.5, 0.6) is 5.75 Å². The van der Waals surface area contributed by atoms with Crippen molar-refractivity contribution >= 4 is 6.16 Å². The molecular weight excluding hydrogens is 240 g/mol. The number of rotatable bonds is 4. The first-order valence-corrected chi connectivity index (χ1v) is 6.29. The molecule has 98 valence electrons. The first-order chi connectivity index (χ1) is 9.29. The molecule has 0 atom stereocenters. The minimum atomic E-state index is -0.658. The molecule has 2 aromatic rings. The number of benzene rings is 2. The maximum absolute atomic E-state index is 11.3. The molecule has 0 amide bonds. The van der Waals surface area contributed by atoms with Crippen molar-refractivity contribution < 1.29 is 14.3 Å². The highest BCUT2D eigenvalue weighted by molar-refractivity contribution is 5.67. The average molecular weight is 256 g/mol. The Hall–Kier alpha value is -2.29. The molecule has 0 unspecified atom stereocenters. The summed E-state index contributed by atoms with van der Waals surface area (Å²) in [5.74, 6) is 0.487. The standard InChI is InChI=1S/C16H16O3/c1-2-12-18-16(17)19-15-10-8-14(9-11-15)13-6-4-3-5-7-13/h3-11H,2,12H2,1H3. The zero-order valence-electron chi connectivity index (χ0n) is 10.8. The molecule has 0 aliphatic heterocycles. The van der Waals surface area contributed by atoms with E-state index in [9.17, 15) is 4.79 Å². The van der Waals surface area contributed by atoms with Crippen LogP contribution in [0.4, 0.5) is 4.79 Å². The van der Waals surface area contributed by atoms with E-state index >= 15 is 0 Å². The van der Waals surface area contributed by atoms with E-state index in [0.29, 0.717) is 12.4 Å². The largest absolute Gasteiger partial charge is 0.513 e. The van der Waals surface area contributed by atoms with Crippen molar-refractivity contribution in [3.05, 3.63) is 54.6 Å². The fourth-order valence-electron chi connectivity index (χ4n) is 1.66. The Morgan fingerprint density at radius 3 is 2.21 bits per heavy atom. The lowest BCUT2D eigenvalue weighted by atomic mass is 10.1. The lowest BCUT2D eigenvalue weighted by Crippen LogP contribution is -2.10. The fraction of sp³-hybridized carbons (Fsp3) is 0.188. The van der Waals surface area contributed by atoms with E-state index in [-0.39, 0.29) is 0 Å². The summed E-state index contributed by atoms with van der Waals surface area (Å²) in [6.45, 7) is 2.31. The van der Waals surface area contributed by atoms with Crippen molar-refractivity contribution in [2.45, 2.75) is 13.3 Å². The van der Waals surface area contributed by atoms with Gasteiger partial charge in [0.05, 0.1) is 6.61 Å². The Bertz CT molecular complexity index is 517. The van der Waals surface area contributed by atoms with Gasteiger partial charge in [-0.2, -0.15) is 0 Å². The zero-order chi connectivity index (χ0) is 13.5. The molecule has 0 aromatic heterocycles. The minimum Gasteiger partial charge on any atom is -0.434 e. The van der Waals surface area contributed by atoms with Crippen molar-refractivity contribution in [2.24, 2.45) is 0 Å². The second-order valence-corrected chi connectivity index (χ2v) is 4.09. The summed E-state index contributed by atoms with van der Waals surface area (Å²) < 4.78 is 9.89. The molecule has 2 rings (SSSR count). The SMILES string of the molecule is CCCOC(=O)Oc1ccc(-c2ccccc2)cc1. The van der Waals surface area contributed by atoms with E-state index in [4.69, 9.17) is 9.47 Å². The van der Waals surface area contributed by atoms with Gasteiger partial charge in [-0.05, 0) is 29.7 Å². The fourth-order valence-corrected chi connectivity index (χ4v) is 1.66. The molecule has 0 spiro atoms. The highest BCUT2D eigenvalue weighted by Crippen LogP contribution is 2.22. The average Bonchev–Trinajstić information content (AvgIpc) is 2.47. The Balaban J connectivity index is 2.01. The van der Waals surface area contributed by atoms with Crippen LogP contribution in [0.1, 0.15) is 13.3 Å². The van der Waals surface area contributed by atoms with Crippen molar-refractivity contribution in [1.82, 2.24) is 0 Å². The van der Waals surface area contributed by atoms with E-state index in [1.54, 1.807) is 12.1 Å². The number of hydrogen-bond acceptors (Lipinski definition) is 3. The van der Waals surface area contributed by atoms with Gasteiger partial charge < -0.3 is 9.47 Å². The zero-order valence-corrected chi connectivity index (χ0v) is 10.8. The predicted molar refractivity (Wildman–Crippen MR) is 74.1 cm³/mol. The molecule has 0 N–H and O–H groups in total. The van der Waals surface area contributed by atoms with Gasteiger partial charge in [0.15, 0.2) is 0 Å². The second kappa shape index (κ2) is 6.59. The summed E-state index contributed by atoms with van der Waals surface area (Å²) in [5.41, 5.74) is 2.21. The third-order valence-electron chi connectivity index (χ3n) is 2.59. The first-order valence-electron chi connectivity index (χ1n) is 6.29. The molecule has 2 aromatic carbocycles. The molecule has 3 nitrogen and oxygen atoms in total. The summed E-state index contributed by atoms with van der Waals surface area (Å²) in [5, 5.41) is 0. The normalized spacial score (nSPS) is 9.95. The first kappa shape index (κ1) is 13.1. The third-order valence-corrected chi connectivity index (χ3v) is 2.59. The number of carbonyl (C=O) groups excluding carboxylic acids is 1. The Morgan fingerprint density at radius 2 is 1.58 bits per heavy atom. The molecule has 0 aliphatic carbocycles. The van der Waals surface area contributed by atoms with Gasteiger partial charge in [-0.3, -0.25) is 0 Å². The van der Waals surface area contributed by atoms with Gasteiger partial charge in [0.25, 0.3) is 0 Å². The van der Waals surface area contributed by atoms with Gasteiger partial charge in [0, 0.05) is 0 Å². The topological polar surface area (TPSA) is 35.5 Å². The van der Waals surface area contributed by atoms with Crippen LogP contribution >= 0.6 is 0 Å². The predicted octanol–water partition coefficient (Wildman–Crippen LogP) is 4.28. The number of carbonyl (C=O) groups is 1. The quantitative estimate of drug-likeness (QED) is 0.605. The van der Waals surface area contributed by atoms with Crippen LogP contribution < -0.4 is 4.74 Å². The molecule has 0 aliphatic rings. The monoisotopic (exact) mass is 256 g/mol. The maximum atomic E-state index is 11.3. The molecule has 0 saturated heterocycles. The number of hydrogen-bond donors (Lipinski definition) is 0. The second-order valence-electron chi connectivity index (χ2n) is 4.09. The molecule has 0 saturated carbocycles. The summed E-state index contributed by atoms with van der Waals surface area (Å²) in [6, 6.07) is 17.4. The van der Waals surface area contributed by atoms with Gasteiger partial charge in [-0.15, -0.1) is 0 Å². The molecule has 19 heavy (non-hydrogen) atoms. The van der Waals surface area contributed by atoms with E-state index < -0.39 is 6.16 Å². The Morgan fingerprint density at radius 1 is 0.947 bits per heavy atom. The van der Waals surface area contributed by atoms with E-state index in [0.717, 1.165) is 17.5 Å². The van der Waals surface area contributed by atoms with Crippen LogP contribution in [0.15, 0.2) is 54.6 Å². The Labute approximate surface area is 112 Å². The smallest absolute Gasteiger partial charge is 0.434 e. The van der Waals surface area contributed by atoms with Gasteiger partial charge in [0.1, 0.15) is 5.75 Å². The minimum absolute atomic E-state index is 0.376. The van der Waals surface area contributed by atoms with Gasteiger partial charge >= 0.3 is 6.16 Å². The summed E-state index contributed by atoms with van der Waals surface area (Å²) in [7, 11) is 0. The van der Waals surface area contributed by atoms with Crippen molar-refractivity contribution in [1.29, 1.82) is 0 Å². The highest BCUT2D eigenvalue weighted by atomic mass is 16.7. The van der Waals surface area contributed by atoms with Crippen LogP contribution in [0.2, 0.25) is 0 Å². The number of ether oxygens (including phenoxy) is 2. The molecule has 0 radical (unpaired) electrons. The van der Waals surface area contributed by atoms with E-state index in [2.05, 4.69) is 0 Å². The third kappa shape index (κ3) is 3.85. The van der Waals surface area contributed by atoms with Crippen LogP contribution in [0, 0.1) is 0 Å². The highest BCUT2D eigenvalue weighted by Gasteiger charge is 2.05. The molecule has 0 fully saturated rings. The van der Waals surface area contributed by atoms with Crippen LogP contribution in [-0.2, 0) is 4.74 Å². The van der Waals surface area contributed by atoms with E-state index in [1.807, 2.05) is 49.4 Å². The summed E-state index contributed by atoms with van der Waals surface area (Å²) >= 11 is 0. The van der Waals surface area contributed by atoms with Crippen LogP contribution in [-0.4, -0.2) is 12.8 Å². The lowest BCUT2D eigenvalue weighted by molar-refractivity contribution is 0.0992. The van der Waals surface area contributed by atoms with Crippen molar-refractivity contribution in [3.8, 4) is 16.9 Å². The molecule has 3 heteroatoms. The van der Waals surface area contributed by atoms with Crippen molar-refractivity contribution in [2.75, 3.05) is 6.61 Å². The molecular formula is C16H16O3. The van der Waals surface area contributed by atoms with Gasteiger partial charge in [-0.1, -0.05) is 49.4 Å². The van der Waals surface area contributed by atoms with Crippen LogP contribution in [0.3, 0.4) is 0 Å². The van der Waals surface area contributed by atoms with Gasteiger partial charge in [-0.25, -0.2) is 4.79 Å². The molecule has 0 heterocycles. The molecule has 0 bridgehead atoms. The van der Waals surface area contributed by atoms with Crippen molar-refractivity contribution in [3.63, 3.8) is 0 Å². The lowest BCUT2D eigenvalue weighted by Gasteiger charge is -2.06. The van der Waals surface area contributed by atoms with Gasteiger partial charge in [0.2, 0.25) is 0 Å².